The number of fused-ring (bicyclic) bond motifs is 1. The molecule has 0 spiro atoms. The lowest BCUT2D eigenvalue weighted by Crippen LogP contribution is -2.20. The van der Waals surface area contributed by atoms with Crippen molar-refractivity contribution in [3.05, 3.63) is 66.1 Å². The van der Waals surface area contributed by atoms with Gasteiger partial charge in [0.2, 0.25) is 0 Å². The molecule has 0 atom stereocenters. The van der Waals surface area contributed by atoms with E-state index in [1.165, 1.54) is 12.1 Å². The summed E-state index contributed by atoms with van der Waals surface area (Å²) < 4.78 is 40.1. The van der Waals surface area contributed by atoms with E-state index in [0.717, 1.165) is 55.0 Å². The number of carbonyl (C=O) groups is 1. The summed E-state index contributed by atoms with van der Waals surface area (Å²) in [6, 6.07) is 11.1. The van der Waals surface area contributed by atoms with Crippen LogP contribution in [0.1, 0.15) is 24.2 Å². The number of amides is 2. The smallest absolute Gasteiger partial charge is 0.334 e. The third kappa shape index (κ3) is 4.26. The predicted octanol–water partition coefficient (Wildman–Crippen LogP) is 5.55. The van der Waals surface area contributed by atoms with Crippen LogP contribution in [0.15, 0.2) is 54.7 Å². The van der Waals surface area contributed by atoms with Crippen LogP contribution in [-0.2, 0) is 19.1 Å². The second-order valence-electron chi connectivity index (χ2n) is 6.89. The van der Waals surface area contributed by atoms with Gasteiger partial charge in [0.25, 0.3) is 0 Å². The summed E-state index contributed by atoms with van der Waals surface area (Å²) in [5.41, 5.74) is 1.65. The second kappa shape index (κ2) is 7.62. The Hall–Kier alpha value is -3.29. The van der Waals surface area contributed by atoms with Crippen molar-refractivity contribution >= 4 is 17.4 Å². The minimum absolute atomic E-state index is 0.269. The summed E-state index contributed by atoms with van der Waals surface area (Å²) in [7, 11) is 0. The van der Waals surface area contributed by atoms with Crippen molar-refractivity contribution in [2.24, 2.45) is 0 Å². The number of nitrogens with zero attached hydrogens (tertiary/aromatic N) is 2. The molecular weight excluding hydrogens is 381 g/mol. The van der Waals surface area contributed by atoms with Crippen LogP contribution in [0.4, 0.5) is 29.3 Å². The topological polar surface area (TPSA) is 59.0 Å². The third-order valence-electron chi connectivity index (χ3n) is 4.83. The Bertz CT molecular complexity index is 1000. The number of aryl methyl sites for hydroxylation is 2. The van der Waals surface area contributed by atoms with Gasteiger partial charge in [-0.3, -0.25) is 0 Å². The van der Waals surface area contributed by atoms with Crippen molar-refractivity contribution in [1.29, 1.82) is 0 Å². The zero-order valence-electron chi connectivity index (χ0n) is 15.5. The van der Waals surface area contributed by atoms with Gasteiger partial charge in [-0.2, -0.15) is 13.2 Å². The summed E-state index contributed by atoms with van der Waals surface area (Å²) in [5, 5.41) is 5.31. The molecule has 2 amide bonds. The molecule has 2 N–H and O–H groups in total. The number of urea groups is 1. The Balaban J connectivity index is 1.50. The van der Waals surface area contributed by atoms with Crippen molar-refractivity contribution in [2.45, 2.75) is 32.0 Å². The average molecular weight is 400 g/mol. The first-order valence-electron chi connectivity index (χ1n) is 9.31. The minimum atomic E-state index is -4.41. The second-order valence-corrected chi connectivity index (χ2v) is 6.89. The van der Waals surface area contributed by atoms with Gasteiger partial charge in [-0.25, -0.2) is 9.78 Å². The van der Waals surface area contributed by atoms with Gasteiger partial charge in [-0.15, -0.1) is 0 Å². The van der Waals surface area contributed by atoms with Crippen molar-refractivity contribution in [1.82, 2.24) is 9.55 Å². The van der Waals surface area contributed by atoms with E-state index in [-0.39, 0.29) is 5.69 Å². The zero-order valence-corrected chi connectivity index (χ0v) is 15.5. The highest BCUT2D eigenvalue weighted by molar-refractivity contribution is 6.02. The molecular formula is C21H19F3N4O. The van der Waals surface area contributed by atoms with E-state index in [2.05, 4.69) is 15.2 Å². The summed E-state index contributed by atoms with van der Waals surface area (Å²) in [6.07, 6.45) is 0.750. The molecule has 2 aromatic carbocycles. The Kier molecular flexibility index (Phi) is 5.00. The summed E-state index contributed by atoms with van der Waals surface area (Å²) >= 11 is 0. The highest BCUT2D eigenvalue weighted by Gasteiger charge is 2.30. The van der Waals surface area contributed by atoms with Crippen LogP contribution in [0, 0.1) is 0 Å². The maximum Gasteiger partial charge on any atom is 0.416 e. The summed E-state index contributed by atoms with van der Waals surface area (Å²) in [4.78, 5) is 17.1. The highest BCUT2D eigenvalue weighted by atomic mass is 19.4. The summed E-state index contributed by atoms with van der Waals surface area (Å²) in [5.74, 6) is 1.04. The molecule has 0 aliphatic carbocycles. The van der Waals surface area contributed by atoms with Gasteiger partial charge in [0.15, 0.2) is 0 Å². The molecule has 0 radical (unpaired) electrons. The first-order valence-corrected chi connectivity index (χ1v) is 9.31. The molecule has 150 valence electrons. The van der Waals surface area contributed by atoms with Gasteiger partial charge in [-0.05, 0) is 43.2 Å². The molecule has 4 rings (SSSR count). The maximum atomic E-state index is 12.7. The van der Waals surface area contributed by atoms with Crippen LogP contribution in [0.5, 0.6) is 0 Å². The molecule has 8 heteroatoms. The lowest BCUT2D eigenvalue weighted by Gasteiger charge is -2.12. The number of aromatic nitrogens is 2. The van der Waals surface area contributed by atoms with E-state index in [1.54, 1.807) is 12.1 Å². The fourth-order valence-electron chi connectivity index (χ4n) is 3.39. The first kappa shape index (κ1) is 19.0. The lowest BCUT2D eigenvalue weighted by atomic mass is 10.1. The van der Waals surface area contributed by atoms with Crippen LogP contribution >= 0.6 is 0 Å². The largest absolute Gasteiger partial charge is 0.416 e. The van der Waals surface area contributed by atoms with Crippen molar-refractivity contribution in [3.8, 4) is 11.3 Å². The molecule has 0 unspecified atom stereocenters. The maximum absolute atomic E-state index is 12.7. The number of hydrogen-bond donors (Lipinski definition) is 2. The number of imidazole rings is 1. The average Bonchev–Trinajstić information content (AvgIpc) is 3.12. The molecule has 1 aromatic heterocycles. The molecule has 5 nitrogen and oxygen atoms in total. The highest BCUT2D eigenvalue weighted by Crippen LogP contribution is 2.31. The zero-order chi connectivity index (χ0) is 20.4. The van der Waals surface area contributed by atoms with E-state index in [9.17, 15) is 18.0 Å². The van der Waals surface area contributed by atoms with Gasteiger partial charge in [-0.1, -0.05) is 18.2 Å². The molecule has 0 fully saturated rings. The van der Waals surface area contributed by atoms with E-state index >= 15 is 0 Å². The fourth-order valence-corrected chi connectivity index (χ4v) is 3.39. The molecule has 29 heavy (non-hydrogen) atoms. The number of hydrogen-bond acceptors (Lipinski definition) is 2. The lowest BCUT2D eigenvalue weighted by molar-refractivity contribution is -0.137. The van der Waals surface area contributed by atoms with E-state index in [1.807, 2.05) is 18.3 Å². The first-order chi connectivity index (χ1) is 13.9. The molecule has 3 aromatic rings. The Morgan fingerprint density at radius 3 is 2.48 bits per heavy atom. The van der Waals surface area contributed by atoms with Crippen molar-refractivity contribution in [2.75, 3.05) is 10.6 Å². The number of rotatable bonds is 3. The monoisotopic (exact) mass is 400 g/mol. The number of carbonyl (C=O) groups excluding carboxylic acids is 1. The molecule has 0 saturated heterocycles. The molecule has 1 aliphatic heterocycles. The predicted molar refractivity (Wildman–Crippen MR) is 105 cm³/mol. The van der Waals surface area contributed by atoms with Crippen LogP contribution in [0.3, 0.4) is 0 Å². The SMILES string of the molecule is O=C(Nc1ccc(C(F)(F)F)cc1)Nc1ccccc1-c1cn2c(n1)CCCC2. The molecule has 1 aliphatic rings. The number of benzene rings is 2. The fraction of sp³-hybridized carbons (Fsp3) is 0.238. The van der Waals surface area contributed by atoms with Crippen molar-refractivity contribution < 1.29 is 18.0 Å². The number of anilines is 2. The van der Waals surface area contributed by atoms with Crippen LogP contribution in [-0.4, -0.2) is 15.6 Å². The van der Waals surface area contributed by atoms with Gasteiger partial charge in [0.05, 0.1) is 16.9 Å². The van der Waals surface area contributed by atoms with Crippen LogP contribution in [0.25, 0.3) is 11.3 Å². The molecule has 0 saturated carbocycles. The van der Waals surface area contributed by atoms with E-state index < -0.39 is 17.8 Å². The minimum Gasteiger partial charge on any atom is -0.334 e. The van der Waals surface area contributed by atoms with Gasteiger partial charge in [0.1, 0.15) is 5.82 Å². The molecule has 2 heterocycles. The standard InChI is InChI=1S/C21H19F3N4O/c22-21(23,24)14-8-10-15(11-9-14)25-20(29)27-17-6-2-1-5-16(17)18-13-28-12-4-3-7-19(28)26-18/h1-2,5-6,8-11,13H,3-4,7,12H2,(H2,25,27,29). The number of nitrogens with one attached hydrogen (secondary N) is 2. The van der Waals surface area contributed by atoms with Gasteiger partial charge in [0, 0.05) is 30.4 Å². The number of alkyl halides is 3. The Morgan fingerprint density at radius 1 is 1.00 bits per heavy atom. The van der Waals surface area contributed by atoms with Gasteiger partial charge >= 0.3 is 12.2 Å². The molecule has 0 bridgehead atoms. The Labute approximate surface area is 165 Å². The normalized spacial score (nSPS) is 13.6. The number of halogens is 3. The summed E-state index contributed by atoms with van der Waals surface area (Å²) in [6.45, 7) is 0.937. The third-order valence-corrected chi connectivity index (χ3v) is 4.83. The van der Waals surface area contributed by atoms with Crippen LogP contribution < -0.4 is 10.6 Å². The van der Waals surface area contributed by atoms with Crippen LogP contribution in [0.2, 0.25) is 0 Å². The van der Waals surface area contributed by atoms with Crippen molar-refractivity contribution in [3.63, 3.8) is 0 Å². The number of para-hydroxylation sites is 1. The quantitative estimate of drug-likeness (QED) is 0.606. The van der Waals surface area contributed by atoms with E-state index in [0.29, 0.717) is 5.69 Å². The van der Waals surface area contributed by atoms with Gasteiger partial charge < -0.3 is 15.2 Å². The Morgan fingerprint density at radius 2 is 1.76 bits per heavy atom. The van der Waals surface area contributed by atoms with E-state index in [4.69, 9.17) is 4.98 Å².